The Morgan fingerprint density at radius 3 is 2.41 bits per heavy atom. The molecule has 37 heavy (non-hydrogen) atoms. The molecule has 0 saturated carbocycles. The molecule has 0 fully saturated rings. The van der Waals surface area contributed by atoms with Crippen LogP contribution in [0.2, 0.25) is 5.02 Å². The molecule has 0 bridgehead atoms. The minimum absolute atomic E-state index is 0.0496. The summed E-state index contributed by atoms with van der Waals surface area (Å²) in [5, 5.41) is 35.1. The molecule has 11 heteroatoms. The molecule has 192 valence electrons. The number of nitrogens with one attached hydrogen (secondary N) is 1. The molecule has 0 aliphatic carbocycles. The van der Waals surface area contributed by atoms with Crippen LogP contribution in [0.25, 0.3) is 22.4 Å². The third kappa shape index (κ3) is 6.56. The van der Waals surface area contributed by atoms with Gasteiger partial charge in [-0.05, 0) is 41.5 Å². The first-order valence-corrected chi connectivity index (χ1v) is 11.4. The highest BCUT2D eigenvalue weighted by atomic mass is 35.5. The van der Waals surface area contributed by atoms with E-state index in [1.165, 1.54) is 47.5 Å². The maximum Gasteiger partial charge on any atom is 0.333 e. The Hall–Kier alpha value is -3.67. The number of aromatic nitrogens is 1. The van der Waals surface area contributed by atoms with Gasteiger partial charge in [0.25, 0.3) is 0 Å². The molecule has 4 aromatic rings. The third-order valence-corrected chi connectivity index (χ3v) is 5.73. The van der Waals surface area contributed by atoms with Crippen LogP contribution >= 0.6 is 11.6 Å². The van der Waals surface area contributed by atoms with Gasteiger partial charge >= 0.3 is 5.97 Å². The van der Waals surface area contributed by atoms with Gasteiger partial charge in [0.05, 0.1) is 6.54 Å². The molecule has 3 aromatic carbocycles. The van der Waals surface area contributed by atoms with Gasteiger partial charge in [0.2, 0.25) is 0 Å². The van der Waals surface area contributed by atoms with Gasteiger partial charge in [0.1, 0.15) is 17.3 Å². The monoisotopic (exact) mass is 529 g/mol. The number of carboxylic acid groups (broad SMARTS) is 1. The number of hydrogen-bond donors (Lipinski definition) is 4. The van der Waals surface area contributed by atoms with Gasteiger partial charge in [-0.15, -0.1) is 0 Å². The molecule has 0 saturated heterocycles. The average molecular weight is 530 g/mol. The molecule has 1 heterocycles. The van der Waals surface area contributed by atoms with Crippen LogP contribution in [0.5, 0.6) is 0 Å². The number of hydrazine groups is 1. The van der Waals surface area contributed by atoms with E-state index >= 15 is 0 Å². The van der Waals surface area contributed by atoms with Gasteiger partial charge in [-0.3, -0.25) is 0 Å². The number of rotatable bonds is 10. The largest absolute Gasteiger partial charge is 0.479 e. The Labute approximate surface area is 215 Å². The Morgan fingerprint density at radius 1 is 1.00 bits per heavy atom. The lowest BCUT2D eigenvalue weighted by Gasteiger charge is -2.26. The van der Waals surface area contributed by atoms with E-state index in [1.54, 1.807) is 30.3 Å². The van der Waals surface area contributed by atoms with Crippen LogP contribution in [0.4, 0.5) is 8.78 Å². The summed E-state index contributed by atoms with van der Waals surface area (Å²) < 4.78 is 33.4. The number of hydrogen-bond acceptors (Lipinski definition) is 7. The van der Waals surface area contributed by atoms with E-state index in [1.807, 2.05) is 0 Å². The SMILES string of the molecule is O=C(O)C(O)CN(Cc1ccc(-c2cc(Cl)ccc2F)cc1)NC(O)c1cc(-c2ccccc2F)no1. The van der Waals surface area contributed by atoms with Crippen LogP contribution in [-0.4, -0.2) is 44.1 Å². The van der Waals surface area contributed by atoms with E-state index in [4.69, 9.17) is 21.2 Å². The standard InChI is InChI=1S/C26H22ClF2N3O5/c27-17-9-10-21(29)19(11-17)16-7-5-15(6-8-16)13-32(14-23(33)26(35)36)30-25(34)24-12-22(31-37-24)18-3-1-2-4-20(18)28/h1-12,23,25,30,33-34H,13-14H2,(H,35,36). The first-order chi connectivity index (χ1) is 17.7. The predicted octanol–water partition coefficient (Wildman–Crippen LogP) is 4.38. The van der Waals surface area contributed by atoms with Gasteiger partial charge < -0.3 is 19.8 Å². The van der Waals surface area contributed by atoms with Gasteiger partial charge in [0, 0.05) is 28.8 Å². The number of halogens is 3. The van der Waals surface area contributed by atoms with Crippen molar-refractivity contribution >= 4 is 17.6 Å². The normalized spacial score (nSPS) is 13.0. The number of carbonyl (C=O) groups is 1. The van der Waals surface area contributed by atoms with Crippen molar-refractivity contribution < 1.29 is 33.4 Å². The van der Waals surface area contributed by atoms with Crippen molar-refractivity contribution in [1.82, 2.24) is 15.6 Å². The Kier molecular flexibility index (Phi) is 8.27. The fourth-order valence-corrected chi connectivity index (χ4v) is 3.80. The smallest absolute Gasteiger partial charge is 0.333 e. The van der Waals surface area contributed by atoms with Crippen molar-refractivity contribution in [3.05, 3.63) is 101 Å². The topological polar surface area (TPSA) is 119 Å². The van der Waals surface area contributed by atoms with E-state index in [9.17, 15) is 23.8 Å². The summed E-state index contributed by atoms with van der Waals surface area (Å²) in [7, 11) is 0. The van der Waals surface area contributed by atoms with Gasteiger partial charge in [0.15, 0.2) is 18.1 Å². The first kappa shape index (κ1) is 26.4. The lowest BCUT2D eigenvalue weighted by molar-refractivity contribution is -0.149. The van der Waals surface area contributed by atoms with Crippen molar-refractivity contribution in [2.45, 2.75) is 18.9 Å². The van der Waals surface area contributed by atoms with Crippen LogP contribution < -0.4 is 5.43 Å². The second kappa shape index (κ2) is 11.6. The zero-order valence-electron chi connectivity index (χ0n) is 19.2. The molecule has 0 spiro atoms. The molecule has 2 atom stereocenters. The Morgan fingerprint density at radius 2 is 1.70 bits per heavy atom. The third-order valence-electron chi connectivity index (χ3n) is 5.50. The molecule has 0 amide bonds. The molecule has 0 radical (unpaired) electrons. The van der Waals surface area contributed by atoms with Crippen molar-refractivity contribution in [1.29, 1.82) is 0 Å². The molecule has 4 N–H and O–H groups in total. The molecule has 8 nitrogen and oxygen atoms in total. The summed E-state index contributed by atoms with van der Waals surface area (Å²) in [6.45, 7) is -0.348. The van der Waals surface area contributed by atoms with Crippen LogP contribution in [0, 0.1) is 11.6 Å². The second-order valence-electron chi connectivity index (χ2n) is 8.18. The van der Waals surface area contributed by atoms with Crippen LogP contribution in [0.15, 0.2) is 77.3 Å². The maximum atomic E-state index is 14.2. The zero-order chi connectivity index (χ0) is 26.5. The van der Waals surface area contributed by atoms with Crippen molar-refractivity contribution in [3.63, 3.8) is 0 Å². The lowest BCUT2D eigenvalue weighted by Crippen LogP contribution is -2.46. The number of aliphatic hydroxyl groups excluding tert-OH is 2. The van der Waals surface area contributed by atoms with Gasteiger partial charge in [-0.1, -0.05) is 53.2 Å². The number of aliphatic carboxylic acids is 1. The number of carboxylic acids is 1. The van der Waals surface area contributed by atoms with E-state index in [0.29, 0.717) is 21.7 Å². The summed E-state index contributed by atoms with van der Waals surface area (Å²) in [4.78, 5) is 11.2. The molecule has 0 aliphatic heterocycles. The Balaban J connectivity index is 1.51. The van der Waals surface area contributed by atoms with Crippen LogP contribution in [0.1, 0.15) is 17.6 Å². The highest BCUT2D eigenvalue weighted by Gasteiger charge is 2.23. The molecular formula is C26H22ClF2N3O5. The lowest BCUT2D eigenvalue weighted by atomic mass is 10.0. The van der Waals surface area contributed by atoms with Crippen molar-refractivity contribution in [2.75, 3.05) is 6.54 Å². The van der Waals surface area contributed by atoms with Gasteiger partial charge in [-0.25, -0.2) is 24.0 Å². The second-order valence-corrected chi connectivity index (χ2v) is 8.62. The Bertz CT molecular complexity index is 1380. The number of nitrogens with zero attached hydrogens (tertiary/aromatic N) is 2. The summed E-state index contributed by atoms with van der Waals surface area (Å²) in [5.41, 5.74) is 4.57. The van der Waals surface area contributed by atoms with Gasteiger partial charge in [-0.2, -0.15) is 0 Å². The average Bonchev–Trinajstić information content (AvgIpc) is 3.36. The summed E-state index contributed by atoms with van der Waals surface area (Å²) in [5.74, 6) is -2.46. The van der Waals surface area contributed by atoms with E-state index < -0.39 is 36.5 Å². The minimum atomic E-state index is -1.76. The predicted molar refractivity (Wildman–Crippen MR) is 131 cm³/mol. The van der Waals surface area contributed by atoms with Crippen molar-refractivity contribution in [2.24, 2.45) is 0 Å². The summed E-state index contributed by atoms with van der Waals surface area (Å²) in [6, 6.07) is 18.2. The van der Waals surface area contributed by atoms with Crippen LogP contribution in [-0.2, 0) is 11.3 Å². The maximum absolute atomic E-state index is 14.2. The molecule has 1 aromatic heterocycles. The highest BCUT2D eigenvalue weighted by Crippen LogP contribution is 2.27. The van der Waals surface area contributed by atoms with Crippen LogP contribution in [0.3, 0.4) is 0 Å². The molecule has 4 rings (SSSR count). The summed E-state index contributed by atoms with van der Waals surface area (Å²) in [6.07, 6.45) is -3.25. The van der Waals surface area contributed by atoms with E-state index in [2.05, 4.69) is 10.6 Å². The van der Waals surface area contributed by atoms with Crippen molar-refractivity contribution in [3.8, 4) is 22.4 Å². The van der Waals surface area contributed by atoms with E-state index in [-0.39, 0.29) is 23.6 Å². The fraction of sp³-hybridized carbons (Fsp3) is 0.154. The zero-order valence-corrected chi connectivity index (χ0v) is 19.9. The molecular weight excluding hydrogens is 508 g/mol. The number of aliphatic hydroxyl groups is 2. The highest BCUT2D eigenvalue weighted by molar-refractivity contribution is 6.30. The quantitative estimate of drug-likeness (QED) is 0.176. The minimum Gasteiger partial charge on any atom is -0.479 e. The van der Waals surface area contributed by atoms with E-state index in [0.717, 1.165) is 0 Å². The number of benzene rings is 3. The summed E-state index contributed by atoms with van der Waals surface area (Å²) >= 11 is 5.98. The molecule has 0 aliphatic rings. The molecule has 2 unspecified atom stereocenters. The first-order valence-electron chi connectivity index (χ1n) is 11.1. The fourth-order valence-electron chi connectivity index (χ4n) is 3.63.